The summed E-state index contributed by atoms with van der Waals surface area (Å²) in [5, 5.41) is 8.99. The summed E-state index contributed by atoms with van der Waals surface area (Å²) in [6.45, 7) is 1.37. The second-order valence-corrected chi connectivity index (χ2v) is 3.98. The number of halogens is 1. The molecule has 0 saturated heterocycles. The lowest BCUT2D eigenvalue weighted by Crippen LogP contribution is -2.01. The molecule has 1 aromatic carbocycles. The van der Waals surface area contributed by atoms with Crippen molar-refractivity contribution in [1.82, 2.24) is 4.98 Å². The van der Waals surface area contributed by atoms with Crippen LogP contribution < -0.4 is 4.74 Å². The van der Waals surface area contributed by atoms with E-state index >= 15 is 0 Å². The number of carboxylic acid groups (broad SMARTS) is 1. The molecule has 0 amide bonds. The van der Waals surface area contributed by atoms with Crippen molar-refractivity contribution in [2.45, 2.75) is 6.92 Å². The van der Waals surface area contributed by atoms with Gasteiger partial charge in [-0.1, -0.05) is 0 Å². The Hall–Kier alpha value is -2.76. The summed E-state index contributed by atoms with van der Waals surface area (Å²) < 4.78 is 18.4. The monoisotopic (exact) mass is 275 g/mol. The number of pyridine rings is 1. The fraction of sp³-hybridized carbons (Fsp3) is 0.0714. The predicted octanol–water partition coefficient (Wildman–Crippen LogP) is 2.91. The van der Waals surface area contributed by atoms with Crippen molar-refractivity contribution < 1.29 is 23.8 Å². The van der Waals surface area contributed by atoms with Crippen molar-refractivity contribution in [2.24, 2.45) is 0 Å². The lowest BCUT2D eigenvalue weighted by molar-refractivity contribution is 0.0694. The molecule has 0 aliphatic carbocycles. The molecule has 2 rings (SSSR count). The van der Waals surface area contributed by atoms with E-state index < -0.39 is 11.8 Å². The number of aromatic nitrogens is 1. The van der Waals surface area contributed by atoms with Crippen LogP contribution in [0.4, 0.5) is 4.39 Å². The van der Waals surface area contributed by atoms with Crippen LogP contribution in [-0.2, 0) is 0 Å². The maximum Gasteiger partial charge on any atom is 0.339 e. The van der Waals surface area contributed by atoms with Gasteiger partial charge in [0, 0.05) is 13.0 Å². The van der Waals surface area contributed by atoms with Crippen molar-refractivity contribution in [3.63, 3.8) is 0 Å². The number of carboxylic acids is 1. The van der Waals surface area contributed by atoms with E-state index in [4.69, 9.17) is 9.84 Å². The maximum atomic E-state index is 13.2. The number of carbonyl (C=O) groups excluding carboxylic acids is 1. The van der Waals surface area contributed by atoms with Crippen LogP contribution in [0.25, 0.3) is 0 Å². The van der Waals surface area contributed by atoms with Gasteiger partial charge < -0.3 is 9.84 Å². The first-order chi connectivity index (χ1) is 9.47. The number of carbonyl (C=O) groups is 2. The number of Topliss-reactive ketones (excluding diaryl/α,β-unsaturated/α-hetero) is 1. The molecule has 2 aromatic rings. The van der Waals surface area contributed by atoms with Crippen molar-refractivity contribution in [3.05, 3.63) is 53.6 Å². The zero-order valence-corrected chi connectivity index (χ0v) is 10.5. The topological polar surface area (TPSA) is 76.5 Å². The first-order valence-corrected chi connectivity index (χ1v) is 5.65. The molecule has 0 fully saturated rings. The van der Waals surface area contributed by atoms with Gasteiger partial charge in [0.15, 0.2) is 5.78 Å². The Morgan fingerprint density at radius 3 is 2.55 bits per heavy atom. The van der Waals surface area contributed by atoms with Crippen LogP contribution in [0.1, 0.15) is 27.8 Å². The number of benzene rings is 1. The molecule has 0 atom stereocenters. The van der Waals surface area contributed by atoms with Crippen LogP contribution in [0, 0.1) is 5.82 Å². The Balaban J connectivity index is 2.31. The highest BCUT2D eigenvalue weighted by Gasteiger charge is 2.13. The van der Waals surface area contributed by atoms with E-state index in [9.17, 15) is 14.0 Å². The molecule has 5 nitrogen and oxygen atoms in total. The van der Waals surface area contributed by atoms with Crippen LogP contribution in [0.5, 0.6) is 11.5 Å². The average molecular weight is 275 g/mol. The largest absolute Gasteiger partial charge is 0.478 e. The summed E-state index contributed by atoms with van der Waals surface area (Å²) in [5.41, 5.74) is 0.0945. The average Bonchev–Trinajstić information content (AvgIpc) is 2.39. The molecule has 6 heteroatoms. The van der Waals surface area contributed by atoms with Gasteiger partial charge in [0.25, 0.3) is 0 Å². The summed E-state index contributed by atoms with van der Waals surface area (Å²) in [6.07, 6.45) is 1.27. The third-order valence-corrected chi connectivity index (χ3v) is 2.50. The smallest absolute Gasteiger partial charge is 0.339 e. The summed E-state index contributed by atoms with van der Waals surface area (Å²) >= 11 is 0. The number of nitrogens with zero attached hydrogens (tertiary/aromatic N) is 1. The molecule has 1 N–H and O–H groups in total. The van der Waals surface area contributed by atoms with E-state index in [1.165, 1.54) is 25.3 Å². The molecule has 0 bridgehead atoms. The molecule has 0 aliphatic heterocycles. The lowest BCUT2D eigenvalue weighted by Gasteiger charge is -2.08. The highest BCUT2D eigenvalue weighted by Crippen LogP contribution is 2.26. The van der Waals surface area contributed by atoms with E-state index in [-0.39, 0.29) is 28.5 Å². The number of hydrogen-bond donors (Lipinski definition) is 1. The quantitative estimate of drug-likeness (QED) is 0.868. The van der Waals surface area contributed by atoms with Gasteiger partial charge in [-0.2, -0.15) is 0 Å². The minimum Gasteiger partial charge on any atom is -0.478 e. The second-order valence-electron chi connectivity index (χ2n) is 3.98. The Bertz CT molecular complexity index is 667. The molecule has 0 spiro atoms. The molecule has 102 valence electrons. The zero-order chi connectivity index (χ0) is 14.7. The Kier molecular flexibility index (Phi) is 3.74. The van der Waals surface area contributed by atoms with Crippen molar-refractivity contribution in [3.8, 4) is 11.5 Å². The van der Waals surface area contributed by atoms with Crippen molar-refractivity contribution in [2.75, 3.05) is 0 Å². The number of ketones is 1. The predicted molar refractivity (Wildman–Crippen MR) is 67.7 cm³/mol. The zero-order valence-electron chi connectivity index (χ0n) is 10.5. The minimum absolute atomic E-state index is 0.130. The van der Waals surface area contributed by atoms with Crippen molar-refractivity contribution in [1.29, 1.82) is 0 Å². The molecule has 0 unspecified atom stereocenters. The third-order valence-electron chi connectivity index (χ3n) is 2.50. The molecule has 0 radical (unpaired) electrons. The number of ether oxygens (including phenoxy) is 1. The van der Waals surface area contributed by atoms with Gasteiger partial charge in [-0.25, -0.2) is 14.2 Å². The molecular weight excluding hydrogens is 265 g/mol. The van der Waals surface area contributed by atoms with Crippen LogP contribution in [0.2, 0.25) is 0 Å². The molecule has 20 heavy (non-hydrogen) atoms. The van der Waals surface area contributed by atoms with Gasteiger partial charge in [0.1, 0.15) is 28.6 Å². The maximum absolute atomic E-state index is 13.2. The van der Waals surface area contributed by atoms with Crippen LogP contribution >= 0.6 is 0 Å². The van der Waals surface area contributed by atoms with E-state index in [1.54, 1.807) is 0 Å². The first-order valence-electron chi connectivity index (χ1n) is 5.65. The lowest BCUT2D eigenvalue weighted by atomic mass is 10.2. The van der Waals surface area contributed by atoms with Crippen LogP contribution in [0.3, 0.4) is 0 Å². The summed E-state index contributed by atoms with van der Waals surface area (Å²) in [5.74, 6) is -1.96. The standard InChI is InChI=1S/C14H10FNO4/c1-8(17)12-5-3-10(7-16-12)20-13-6-9(15)2-4-11(13)14(18)19/h2-7H,1H3,(H,18,19). The Morgan fingerprint density at radius 2 is 2.00 bits per heavy atom. The summed E-state index contributed by atoms with van der Waals surface area (Å²) in [7, 11) is 0. The third kappa shape index (κ3) is 2.97. The van der Waals surface area contributed by atoms with Gasteiger partial charge in [-0.15, -0.1) is 0 Å². The van der Waals surface area contributed by atoms with Gasteiger partial charge in [-0.3, -0.25) is 4.79 Å². The number of aromatic carboxylic acids is 1. The van der Waals surface area contributed by atoms with Crippen LogP contribution in [-0.4, -0.2) is 21.8 Å². The summed E-state index contributed by atoms with van der Waals surface area (Å²) in [4.78, 5) is 25.9. The SMILES string of the molecule is CC(=O)c1ccc(Oc2cc(F)ccc2C(=O)O)cn1. The molecule has 0 aliphatic rings. The van der Waals surface area contributed by atoms with Gasteiger partial charge in [0.05, 0.1) is 6.20 Å². The fourth-order valence-electron chi connectivity index (χ4n) is 1.53. The normalized spacial score (nSPS) is 10.1. The Morgan fingerprint density at radius 1 is 1.25 bits per heavy atom. The van der Waals surface area contributed by atoms with E-state index in [1.807, 2.05) is 0 Å². The molecular formula is C14H10FNO4. The van der Waals surface area contributed by atoms with Gasteiger partial charge in [0.2, 0.25) is 0 Å². The number of hydrogen-bond acceptors (Lipinski definition) is 4. The Labute approximate surface area is 113 Å². The fourth-order valence-corrected chi connectivity index (χ4v) is 1.53. The van der Waals surface area contributed by atoms with E-state index in [0.29, 0.717) is 0 Å². The number of rotatable bonds is 4. The first kappa shape index (κ1) is 13.7. The second kappa shape index (κ2) is 5.48. The van der Waals surface area contributed by atoms with Gasteiger partial charge >= 0.3 is 5.97 Å². The van der Waals surface area contributed by atoms with E-state index in [2.05, 4.69) is 4.98 Å². The van der Waals surface area contributed by atoms with Crippen molar-refractivity contribution >= 4 is 11.8 Å². The minimum atomic E-state index is -1.23. The summed E-state index contributed by atoms with van der Waals surface area (Å²) in [6, 6.07) is 6.03. The van der Waals surface area contributed by atoms with Gasteiger partial charge in [-0.05, 0) is 24.3 Å². The molecule has 0 saturated carbocycles. The van der Waals surface area contributed by atoms with Crippen LogP contribution in [0.15, 0.2) is 36.5 Å². The highest BCUT2D eigenvalue weighted by atomic mass is 19.1. The molecule has 1 heterocycles. The van der Waals surface area contributed by atoms with E-state index in [0.717, 1.165) is 18.2 Å². The highest BCUT2D eigenvalue weighted by molar-refractivity contribution is 5.92. The molecule has 1 aromatic heterocycles.